The van der Waals surface area contributed by atoms with Gasteiger partial charge in [-0.25, -0.2) is 4.39 Å². The maximum absolute atomic E-state index is 13.5. The predicted molar refractivity (Wildman–Crippen MR) is 92.6 cm³/mol. The molecule has 1 saturated heterocycles. The van der Waals surface area contributed by atoms with Crippen LogP contribution in [0.3, 0.4) is 0 Å². The highest BCUT2D eigenvalue weighted by atomic mass is 19.1. The molecule has 2 aromatic rings. The van der Waals surface area contributed by atoms with Crippen LogP contribution in [0.15, 0.2) is 28.8 Å². The van der Waals surface area contributed by atoms with Crippen LogP contribution < -0.4 is 0 Å². The molecule has 2 heterocycles. The molecule has 1 aliphatic heterocycles. The van der Waals surface area contributed by atoms with Crippen molar-refractivity contribution < 1.29 is 13.7 Å². The molecule has 3 rings (SSSR count). The van der Waals surface area contributed by atoms with E-state index in [0.717, 1.165) is 5.56 Å². The lowest BCUT2D eigenvalue weighted by atomic mass is 9.96. The van der Waals surface area contributed by atoms with E-state index < -0.39 is 0 Å². The number of halogens is 1. The molecule has 0 saturated carbocycles. The Hall–Kier alpha value is -1.79. The second-order valence-electron chi connectivity index (χ2n) is 8.31. The summed E-state index contributed by atoms with van der Waals surface area (Å²) in [7, 11) is 0. The molecule has 25 heavy (non-hydrogen) atoms. The van der Waals surface area contributed by atoms with Crippen LogP contribution in [0.1, 0.15) is 58.0 Å². The number of rotatable bonds is 3. The molecule has 0 bridgehead atoms. The van der Waals surface area contributed by atoms with Crippen LogP contribution in [0.5, 0.6) is 0 Å². The highest BCUT2D eigenvalue weighted by Crippen LogP contribution is 2.31. The summed E-state index contributed by atoms with van der Waals surface area (Å²) in [6.07, 6.45) is -0.172. The molecule has 0 spiro atoms. The predicted octanol–water partition coefficient (Wildman–Crippen LogP) is 3.86. The number of aromatic nitrogens is 2. The maximum Gasteiger partial charge on any atom is 0.240 e. The standard InChI is InChI=1S/C19H26FN3O2/c1-18(2,3)17-21-16(25-22-17)11-23-10-15(24-12-19(23,4)5)13-7-6-8-14(20)9-13/h6-9,15H,10-12H2,1-5H3. The van der Waals surface area contributed by atoms with Crippen molar-refractivity contribution in [2.75, 3.05) is 13.2 Å². The lowest BCUT2D eigenvalue weighted by Gasteiger charge is -2.44. The Bertz CT molecular complexity index is 736. The third kappa shape index (κ3) is 4.07. The number of ether oxygens (including phenoxy) is 1. The minimum Gasteiger partial charge on any atom is -0.370 e. The van der Waals surface area contributed by atoms with Gasteiger partial charge in [-0.3, -0.25) is 4.90 Å². The minimum absolute atomic E-state index is 0.146. The second-order valence-corrected chi connectivity index (χ2v) is 8.31. The Balaban J connectivity index is 1.77. The molecule has 1 aromatic heterocycles. The highest BCUT2D eigenvalue weighted by Gasteiger charge is 2.37. The number of hydrogen-bond acceptors (Lipinski definition) is 5. The van der Waals surface area contributed by atoms with Crippen molar-refractivity contribution in [1.82, 2.24) is 15.0 Å². The fraction of sp³-hybridized carbons (Fsp3) is 0.579. The normalized spacial score (nSPS) is 21.4. The SMILES string of the molecule is CC(C)(C)c1noc(CN2CC(c3cccc(F)c3)OCC2(C)C)n1. The summed E-state index contributed by atoms with van der Waals surface area (Å²) in [6.45, 7) is 12.1. The molecule has 5 nitrogen and oxygen atoms in total. The van der Waals surface area contributed by atoms with Gasteiger partial charge in [0.05, 0.1) is 19.3 Å². The quantitative estimate of drug-likeness (QED) is 0.844. The summed E-state index contributed by atoms with van der Waals surface area (Å²) in [6, 6.07) is 6.59. The summed E-state index contributed by atoms with van der Waals surface area (Å²) >= 11 is 0. The molecule has 0 amide bonds. The lowest BCUT2D eigenvalue weighted by molar-refractivity contribution is -0.107. The van der Waals surface area contributed by atoms with E-state index in [2.05, 4.69) is 49.7 Å². The zero-order valence-corrected chi connectivity index (χ0v) is 15.5. The topological polar surface area (TPSA) is 51.4 Å². The van der Waals surface area contributed by atoms with Crippen LogP contribution in [0.25, 0.3) is 0 Å². The first-order valence-electron chi connectivity index (χ1n) is 8.60. The molecular formula is C19H26FN3O2. The van der Waals surface area contributed by atoms with Gasteiger partial charge in [-0.1, -0.05) is 38.1 Å². The van der Waals surface area contributed by atoms with Gasteiger partial charge in [-0.15, -0.1) is 0 Å². The van der Waals surface area contributed by atoms with E-state index in [1.165, 1.54) is 12.1 Å². The van der Waals surface area contributed by atoms with Crippen molar-refractivity contribution in [3.63, 3.8) is 0 Å². The van der Waals surface area contributed by atoms with Gasteiger partial charge in [0.25, 0.3) is 0 Å². The zero-order valence-electron chi connectivity index (χ0n) is 15.5. The molecular weight excluding hydrogens is 321 g/mol. The van der Waals surface area contributed by atoms with Gasteiger partial charge in [0.15, 0.2) is 5.82 Å². The van der Waals surface area contributed by atoms with E-state index in [0.29, 0.717) is 31.4 Å². The largest absolute Gasteiger partial charge is 0.370 e. The zero-order chi connectivity index (χ0) is 18.2. The Labute approximate surface area is 148 Å². The molecule has 1 atom stereocenters. The first-order chi connectivity index (χ1) is 11.6. The van der Waals surface area contributed by atoms with Gasteiger partial charge >= 0.3 is 0 Å². The third-order valence-corrected chi connectivity index (χ3v) is 4.57. The van der Waals surface area contributed by atoms with E-state index in [1.54, 1.807) is 6.07 Å². The lowest BCUT2D eigenvalue weighted by Crippen LogP contribution is -2.53. The van der Waals surface area contributed by atoms with Crippen molar-refractivity contribution in [1.29, 1.82) is 0 Å². The smallest absolute Gasteiger partial charge is 0.240 e. The summed E-state index contributed by atoms with van der Waals surface area (Å²) in [4.78, 5) is 6.79. The van der Waals surface area contributed by atoms with Crippen LogP contribution in [0, 0.1) is 5.82 Å². The van der Waals surface area contributed by atoms with Gasteiger partial charge in [0, 0.05) is 17.5 Å². The average Bonchev–Trinajstić information content (AvgIpc) is 2.98. The summed E-state index contributed by atoms with van der Waals surface area (Å²) < 4.78 is 25.0. The molecule has 6 heteroatoms. The summed E-state index contributed by atoms with van der Waals surface area (Å²) in [5, 5.41) is 4.10. The molecule has 136 valence electrons. The van der Waals surface area contributed by atoms with Crippen LogP contribution in [-0.4, -0.2) is 33.7 Å². The van der Waals surface area contributed by atoms with Crippen molar-refractivity contribution in [3.05, 3.63) is 47.4 Å². The van der Waals surface area contributed by atoms with Crippen molar-refractivity contribution in [3.8, 4) is 0 Å². The van der Waals surface area contributed by atoms with Crippen molar-refractivity contribution in [2.45, 2.75) is 58.2 Å². The number of nitrogens with zero attached hydrogens (tertiary/aromatic N) is 3. The van der Waals surface area contributed by atoms with Crippen LogP contribution >= 0.6 is 0 Å². The molecule has 1 aliphatic rings. The average molecular weight is 347 g/mol. The van der Waals surface area contributed by atoms with Crippen LogP contribution in [0.4, 0.5) is 4.39 Å². The van der Waals surface area contributed by atoms with E-state index >= 15 is 0 Å². The molecule has 0 N–H and O–H groups in total. The first kappa shape index (κ1) is 18.0. The number of morpholine rings is 1. The Morgan fingerprint density at radius 1 is 1.32 bits per heavy atom. The molecule has 1 unspecified atom stereocenters. The fourth-order valence-corrected chi connectivity index (χ4v) is 2.87. The Morgan fingerprint density at radius 3 is 2.72 bits per heavy atom. The first-order valence-corrected chi connectivity index (χ1v) is 8.60. The maximum atomic E-state index is 13.5. The minimum atomic E-state index is -0.246. The van der Waals surface area contributed by atoms with Gasteiger partial charge < -0.3 is 9.26 Å². The summed E-state index contributed by atoms with van der Waals surface area (Å²) in [5.74, 6) is 1.05. The highest BCUT2D eigenvalue weighted by molar-refractivity contribution is 5.20. The van der Waals surface area contributed by atoms with Crippen LogP contribution in [0.2, 0.25) is 0 Å². The molecule has 0 aliphatic carbocycles. The van der Waals surface area contributed by atoms with Gasteiger partial charge in [0.2, 0.25) is 5.89 Å². The monoisotopic (exact) mass is 347 g/mol. The van der Waals surface area contributed by atoms with E-state index in [1.807, 2.05) is 6.07 Å². The van der Waals surface area contributed by atoms with Crippen molar-refractivity contribution >= 4 is 0 Å². The second kappa shape index (κ2) is 6.50. The van der Waals surface area contributed by atoms with E-state index in [-0.39, 0.29) is 22.9 Å². The van der Waals surface area contributed by atoms with Gasteiger partial charge in [-0.05, 0) is 31.5 Å². The van der Waals surface area contributed by atoms with Gasteiger partial charge in [-0.2, -0.15) is 4.98 Å². The van der Waals surface area contributed by atoms with Crippen LogP contribution in [-0.2, 0) is 16.7 Å². The summed E-state index contributed by atoms with van der Waals surface area (Å²) in [5.41, 5.74) is 0.536. The van der Waals surface area contributed by atoms with E-state index in [4.69, 9.17) is 9.26 Å². The molecule has 1 aromatic carbocycles. The van der Waals surface area contributed by atoms with E-state index in [9.17, 15) is 4.39 Å². The number of hydrogen-bond donors (Lipinski definition) is 0. The third-order valence-electron chi connectivity index (χ3n) is 4.57. The number of benzene rings is 1. The fourth-order valence-electron chi connectivity index (χ4n) is 2.87. The molecule has 0 radical (unpaired) electrons. The molecule has 1 fully saturated rings. The Morgan fingerprint density at radius 2 is 2.08 bits per heavy atom. The van der Waals surface area contributed by atoms with Gasteiger partial charge in [0.1, 0.15) is 5.82 Å². The van der Waals surface area contributed by atoms with Crippen molar-refractivity contribution in [2.24, 2.45) is 0 Å². The Kier molecular flexibility index (Phi) is 4.68.